The minimum Gasteiger partial charge on any atom is -0.444 e. The van der Waals surface area contributed by atoms with Crippen LogP contribution in [-0.4, -0.2) is 80.4 Å². The summed E-state index contributed by atoms with van der Waals surface area (Å²) in [5.41, 5.74) is -1.76. The summed E-state index contributed by atoms with van der Waals surface area (Å²) in [7, 11) is -3.55. The average molecular weight is 582 g/mol. The molecule has 0 aromatic carbocycles. The second-order valence-electron chi connectivity index (χ2n) is 13.9. The predicted molar refractivity (Wildman–Crippen MR) is 143 cm³/mol. The van der Waals surface area contributed by atoms with Crippen molar-refractivity contribution in [2.45, 2.75) is 115 Å². The van der Waals surface area contributed by atoms with E-state index in [1.54, 1.807) is 32.6 Å². The summed E-state index contributed by atoms with van der Waals surface area (Å²) in [6, 6.07) is 1.10. The second-order valence-corrected chi connectivity index (χ2v) is 15.5. The molecule has 0 aromatic rings. The first-order chi connectivity index (χ1) is 18.6. The Morgan fingerprint density at radius 2 is 1.77 bits per heavy atom. The van der Waals surface area contributed by atoms with E-state index < -0.39 is 51.2 Å². The third-order valence-corrected chi connectivity index (χ3v) is 9.83. The van der Waals surface area contributed by atoms with Gasteiger partial charge in [-0.3, -0.25) is 8.98 Å². The van der Waals surface area contributed by atoms with Crippen molar-refractivity contribution in [1.82, 2.24) is 10.2 Å². The number of hydrogen-bond acceptors (Lipinski definition) is 9. The molecule has 40 heavy (non-hydrogen) atoms. The number of rotatable bonds is 10. The van der Waals surface area contributed by atoms with Crippen molar-refractivity contribution < 1.29 is 36.4 Å². The van der Waals surface area contributed by atoms with E-state index >= 15 is 0 Å². The Labute approximate surface area is 237 Å². The number of piperidine rings is 1. The number of amides is 2. The highest BCUT2D eigenvalue weighted by Gasteiger charge is 2.65. The van der Waals surface area contributed by atoms with E-state index in [9.17, 15) is 23.3 Å². The summed E-state index contributed by atoms with van der Waals surface area (Å²) < 4.78 is 45.2. The van der Waals surface area contributed by atoms with Crippen LogP contribution in [0.2, 0.25) is 0 Å². The fraction of sp³-hybridized carbons (Fsp3) is 0.893. The van der Waals surface area contributed by atoms with Gasteiger partial charge in [-0.05, 0) is 96.8 Å². The molecule has 12 heteroatoms. The van der Waals surface area contributed by atoms with Crippen LogP contribution < -0.4 is 5.32 Å². The van der Waals surface area contributed by atoms with Crippen LogP contribution in [0.15, 0.2) is 0 Å². The third kappa shape index (κ3) is 6.27. The molecule has 4 bridgehead atoms. The quantitative estimate of drug-likeness (QED) is 0.234. The van der Waals surface area contributed by atoms with E-state index in [0.717, 1.165) is 44.8 Å². The Hall–Kier alpha value is -1.94. The summed E-state index contributed by atoms with van der Waals surface area (Å²) in [4.78, 5) is 29.2. The number of hydrogen-bond donors (Lipinski definition) is 1. The molecule has 11 nitrogen and oxygen atoms in total. The highest BCUT2D eigenvalue weighted by molar-refractivity contribution is 7.85. The normalized spacial score (nSPS) is 37.4. The molecule has 7 atom stereocenters. The van der Waals surface area contributed by atoms with Crippen molar-refractivity contribution in [2.75, 3.05) is 19.5 Å². The van der Waals surface area contributed by atoms with Crippen molar-refractivity contribution in [2.24, 2.45) is 23.2 Å². The van der Waals surface area contributed by atoms with Gasteiger partial charge in [0.2, 0.25) is 5.91 Å². The fourth-order valence-corrected chi connectivity index (χ4v) is 8.82. The van der Waals surface area contributed by atoms with Crippen molar-refractivity contribution in [3.05, 3.63) is 0 Å². The molecule has 5 aliphatic carbocycles. The standard InChI is InChI=1S/C28H43N3O8S/c1-17(36-6-7-37-40(5,34)35)38-28-13-18-8-19(14-28)12-27(11-18,16-28)23(30-25(33)39-26(2,3)4)24(32)31-21(15-29)9-20-10-22(20)31/h17-23H,6-14,16H2,1-5H3,(H,30,33)/t17?,18?,19?,20-,21+,22+,23-,27?,28?/m1/s1. The monoisotopic (exact) mass is 581 g/mol. The van der Waals surface area contributed by atoms with Gasteiger partial charge in [-0.1, -0.05) is 0 Å². The average Bonchev–Trinajstić information content (AvgIpc) is 3.46. The van der Waals surface area contributed by atoms with E-state index in [-0.39, 0.29) is 25.2 Å². The zero-order valence-corrected chi connectivity index (χ0v) is 25.0. The molecule has 3 unspecified atom stereocenters. The molecule has 1 saturated heterocycles. The van der Waals surface area contributed by atoms with Gasteiger partial charge in [0.05, 0.1) is 31.1 Å². The maximum atomic E-state index is 14.3. The van der Waals surface area contributed by atoms with Crippen molar-refractivity contribution in [3.63, 3.8) is 0 Å². The molecule has 224 valence electrons. The number of carbonyl (C=O) groups excluding carboxylic acids is 2. The molecule has 6 fully saturated rings. The van der Waals surface area contributed by atoms with E-state index in [4.69, 9.17) is 18.4 Å². The Kier molecular flexibility index (Phi) is 7.69. The molecule has 6 rings (SSSR count). The molecule has 1 N–H and O–H groups in total. The van der Waals surface area contributed by atoms with Crippen LogP contribution in [0.25, 0.3) is 0 Å². The number of nitrogens with one attached hydrogen (secondary N) is 1. The maximum Gasteiger partial charge on any atom is 0.408 e. The first-order valence-electron chi connectivity index (χ1n) is 14.5. The minimum absolute atomic E-state index is 0.0662. The van der Waals surface area contributed by atoms with E-state index in [1.165, 1.54) is 0 Å². The summed E-state index contributed by atoms with van der Waals surface area (Å²) in [5, 5.41) is 12.8. The Bertz CT molecular complexity index is 1150. The lowest BCUT2D eigenvalue weighted by molar-refractivity contribution is -0.267. The van der Waals surface area contributed by atoms with Crippen LogP contribution in [0.1, 0.15) is 79.1 Å². The number of fused-ring (bicyclic) bond motifs is 1. The zero-order valence-electron chi connectivity index (χ0n) is 24.2. The van der Waals surface area contributed by atoms with Gasteiger partial charge >= 0.3 is 6.09 Å². The molecular formula is C28H43N3O8S. The number of carbonyl (C=O) groups is 2. The Balaban J connectivity index is 1.37. The molecule has 2 amide bonds. The number of ether oxygens (including phenoxy) is 3. The summed E-state index contributed by atoms with van der Waals surface area (Å²) in [5.74, 6) is 0.877. The highest BCUT2D eigenvalue weighted by Crippen LogP contribution is 2.64. The fourth-order valence-electron chi connectivity index (χ4n) is 8.45. The lowest BCUT2D eigenvalue weighted by Gasteiger charge is -2.63. The van der Waals surface area contributed by atoms with Crippen molar-refractivity contribution in [3.8, 4) is 6.07 Å². The van der Waals surface area contributed by atoms with Gasteiger partial charge in [0, 0.05) is 11.5 Å². The molecule has 6 aliphatic rings. The molecule has 0 aromatic heterocycles. The third-order valence-electron chi connectivity index (χ3n) is 9.23. The van der Waals surface area contributed by atoms with Gasteiger partial charge < -0.3 is 24.4 Å². The van der Waals surface area contributed by atoms with Gasteiger partial charge in [-0.25, -0.2) is 4.79 Å². The van der Waals surface area contributed by atoms with Crippen LogP contribution >= 0.6 is 0 Å². The SMILES string of the molecule is CC(OCCOS(C)(=O)=O)OC12CC3CC(C1)CC([C@H](NC(=O)OC(C)(C)C)C(=O)N1[C@H](C#N)C[C@@H]4C[C@@H]41)(C3)C2. The van der Waals surface area contributed by atoms with Crippen LogP contribution in [0.5, 0.6) is 0 Å². The number of alkyl carbamates (subject to hydrolysis) is 1. The van der Waals surface area contributed by atoms with Gasteiger partial charge in [-0.2, -0.15) is 13.7 Å². The smallest absolute Gasteiger partial charge is 0.408 e. The molecule has 1 heterocycles. The first kappa shape index (κ1) is 29.5. The largest absolute Gasteiger partial charge is 0.444 e. The lowest BCUT2D eigenvalue weighted by Crippen LogP contribution is -2.67. The Morgan fingerprint density at radius 1 is 1.10 bits per heavy atom. The van der Waals surface area contributed by atoms with E-state index in [0.29, 0.717) is 30.6 Å². The van der Waals surface area contributed by atoms with Crippen LogP contribution in [0.3, 0.4) is 0 Å². The lowest BCUT2D eigenvalue weighted by atomic mass is 9.46. The van der Waals surface area contributed by atoms with Crippen LogP contribution in [0, 0.1) is 34.5 Å². The van der Waals surface area contributed by atoms with Crippen molar-refractivity contribution in [1.29, 1.82) is 5.26 Å². The second kappa shape index (κ2) is 10.4. The number of likely N-dealkylation sites (tertiary alicyclic amines) is 1. The van der Waals surface area contributed by atoms with Gasteiger partial charge in [0.15, 0.2) is 6.29 Å². The van der Waals surface area contributed by atoms with E-state index in [2.05, 4.69) is 11.4 Å². The summed E-state index contributed by atoms with van der Waals surface area (Å²) >= 11 is 0. The molecule has 1 aliphatic heterocycles. The van der Waals surface area contributed by atoms with Crippen molar-refractivity contribution >= 4 is 22.1 Å². The molecule has 5 saturated carbocycles. The Morgan fingerprint density at radius 3 is 2.38 bits per heavy atom. The molecular weight excluding hydrogens is 538 g/mol. The zero-order chi connectivity index (χ0) is 29.1. The maximum absolute atomic E-state index is 14.3. The topological polar surface area (TPSA) is 144 Å². The van der Waals surface area contributed by atoms with E-state index in [1.807, 2.05) is 0 Å². The van der Waals surface area contributed by atoms with Crippen LogP contribution in [0.4, 0.5) is 4.79 Å². The van der Waals surface area contributed by atoms with Gasteiger partial charge in [0.25, 0.3) is 10.1 Å². The first-order valence-corrected chi connectivity index (χ1v) is 16.3. The van der Waals surface area contributed by atoms with Gasteiger partial charge in [-0.15, -0.1) is 0 Å². The number of nitriles is 1. The predicted octanol–water partition coefficient (Wildman–Crippen LogP) is 3.09. The summed E-state index contributed by atoms with van der Waals surface area (Å²) in [6.45, 7) is 7.14. The molecule has 0 radical (unpaired) electrons. The minimum atomic E-state index is -3.55. The van der Waals surface area contributed by atoms with Crippen LogP contribution in [-0.2, 0) is 33.3 Å². The number of nitrogens with zero attached hydrogens (tertiary/aromatic N) is 2. The molecule has 0 spiro atoms. The van der Waals surface area contributed by atoms with Gasteiger partial charge in [0.1, 0.15) is 17.7 Å². The highest BCUT2D eigenvalue weighted by atomic mass is 32.2. The summed E-state index contributed by atoms with van der Waals surface area (Å²) in [6.07, 6.45) is 6.32.